The molecule has 1 aromatic heterocycles. The summed E-state index contributed by atoms with van der Waals surface area (Å²) in [5, 5.41) is 12.1. The number of nitrogens with one attached hydrogen (secondary N) is 1. The third-order valence-corrected chi connectivity index (χ3v) is 4.66. The molecule has 0 fully saturated rings. The molecule has 2 N–H and O–H groups in total. The summed E-state index contributed by atoms with van der Waals surface area (Å²) in [6, 6.07) is 21.4. The Balaban J connectivity index is 1.40. The van der Waals surface area contributed by atoms with E-state index in [1.54, 1.807) is 0 Å². The van der Waals surface area contributed by atoms with Gasteiger partial charge >= 0.3 is 5.97 Å². The largest absolute Gasteiger partial charge is 0.489 e. The number of oxazole rings is 1. The van der Waals surface area contributed by atoms with Gasteiger partial charge in [-0.05, 0) is 42.3 Å². The number of aryl methyl sites for hydroxylation is 1. The van der Waals surface area contributed by atoms with Crippen LogP contribution in [-0.2, 0) is 17.9 Å². The molecule has 4 rings (SSSR count). The average molecular weight is 418 g/mol. The number of para-hydroxylation sites is 3. The van der Waals surface area contributed by atoms with Gasteiger partial charge in [0.05, 0.1) is 0 Å². The predicted molar refractivity (Wildman–Crippen MR) is 116 cm³/mol. The molecule has 0 saturated carbocycles. The number of carboxylic acids is 1. The Hall–Kier alpha value is -4.00. The van der Waals surface area contributed by atoms with Crippen molar-refractivity contribution in [2.75, 3.05) is 11.9 Å². The zero-order valence-corrected chi connectivity index (χ0v) is 17.0. The van der Waals surface area contributed by atoms with Crippen LogP contribution in [0.2, 0.25) is 0 Å². The summed E-state index contributed by atoms with van der Waals surface area (Å²) in [5.74, 6) is 0.218. The van der Waals surface area contributed by atoms with E-state index >= 15 is 0 Å². The minimum atomic E-state index is -1.02. The number of aliphatic carboxylic acids is 1. The molecule has 0 spiro atoms. The van der Waals surface area contributed by atoms with Gasteiger partial charge in [0.15, 0.2) is 12.2 Å². The number of anilines is 1. The molecule has 0 aliphatic rings. The van der Waals surface area contributed by atoms with Gasteiger partial charge in [0.25, 0.3) is 6.01 Å². The number of nitrogens with zero attached hydrogens (tertiary/aromatic N) is 1. The molecule has 0 amide bonds. The Morgan fingerprint density at radius 3 is 2.74 bits per heavy atom. The van der Waals surface area contributed by atoms with Crippen LogP contribution in [0, 0.1) is 6.92 Å². The quantitative estimate of drug-likeness (QED) is 0.404. The summed E-state index contributed by atoms with van der Waals surface area (Å²) in [5.41, 5.74) is 4.20. The van der Waals surface area contributed by atoms with Gasteiger partial charge in [-0.2, -0.15) is 4.98 Å². The Labute approximate surface area is 179 Å². The Bertz CT molecular complexity index is 1170. The Kier molecular flexibility index (Phi) is 6.03. The topological polar surface area (TPSA) is 93.8 Å². The van der Waals surface area contributed by atoms with Gasteiger partial charge in [-0.25, -0.2) is 4.79 Å². The van der Waals surface area contributed by atoms with E-state index < -0.39 is 12.6 Å². The van der Waals surface area contributed by atoms with Gasteiger partial charge in [0.2, 0.25) is 0 Å². The van der Waals surface area contributed by atoms with Crippen LogP contribution < -0.4 is 14.8 Å². The van der Waals surface area contributed by atoms with E-state index in [1.807, 2.05) is 73.7 Å². The van der Waals surface area contributed by atoms with Crippen LogP contribution in [0.15, 0.2) is 71.1 Å². The van der Waals surface area contributed by atoms with Crippen LogP contribution in [-0.4, -0.2) is 22.7 Å². The van der Waals surface area contributed by atoms with Crippen LogP contribution in [0.4, 0.5) is 6.01 Å². The highest BCUT2D eigenvalue weighted by Crippen LogP contribution is 2.26. The van der Waals surface area contributed by atoms with Crippen molar-refractivity contribution < 1.29 is 23.8 Å². The number of benzene rings is 3. The molecule has 7 nitrogen and oxygen atoms in total. The first-order valence-corrected chi connectivity index (χ1v) is 9.83. The van der Waals surface area contributed by atoms with Crippen molar-refractivity contribution in [3.63, 3.8) is 0 Å². The molecule has 31 heavy (non-hydrogen) atoms. The number of hydrogen-bond donors (Lipinski definition) is 2. The summed E-state index contributed by atoms with van der Waals surface area (Å²) in [4.78, 5) is 15.3. The lowest BCUT2D eigenvalue weighted by molar-refractivity contribution is -0.139. The second kappa shape index (κ2) is 9.21. The monoisotopic (exact) mass is 418 g/mol. The zero-order valence-electron chi connectivity index (χ0n) is 17.0. The molecule has 0 aliphatic heterocycles. The summed E-state index contributed by atoms with van der Waals surface area (Å²) in [6.07, 6.45) is 0. The number of rotatable bonds is 9. The number of carboxylic acid groups (broad SMARTS) is 1. The number of hydrogen-bond acceptors (Lipinski definition) is 6. The first kappa shape index (κ1) is 20.3. The van der Waals surface area contributed by atoms with Gasteiger partial charge in [-0.1, -0.05) is 42.5 Å². The highest BCUT2D eigenvalue weighted by Gasteiger charge is 2.10. The van der Waals surface area contributed by atoms with Crippen molar-refractivity contribution in [3.8, 4) is 11.5 Å². The van der Waals surface area contributed by atoms with Crippen LogP contribution in [0.25, 0.3) is 11.1 Å². The number of aromatic nitrogens is 1. The van der Waals surface area contributed by atoms with E-state index in [0.717, 1.165) is 27.8 Å². The summed E-state index contributed by atoms with van der Waals surface area (Å²) in [6.45, 7) is 2.27. The van der Waals surface area contributed by atoms with Crippen molar-refractivity contribution in [2.24, 2.45) is 0 Å². The normalized spacial score (nSPS) is 10.7. The maximum Gasteiger partial charge on any atom is 0.341 e. The summed E-state index contributed by atoms with van der Waals surface area (Å²) >= 11 is 0. The maximum absolute atomic E-state index is 10.9. The fraction of sp³-hybridized carbons (Fsp3) is 0.167. The second-order valence-corrected chi connectivity index (χ2v) is 7.02. The van der Waals surface area contributed by atoms with E-state index in [9.17, 15) is 4.79 Å². The maximum atomic E-state index is 10.9. The first-order chi connectivity index (χ1) is 15.1. The summed E-state index contributed by atoms with van der Waals surface area (Å²) in [7, 11) is 0. The van der Waals surface area contributed by atoms with Crippen LogP contribution in [0.1, 0.15) is 16.7 Å². The Morgan fingerprint density at radius 1 is 1.06 bits per heavy atom. The van der Waals surface area contributed by atoms with Crippen molar-refractivity contribution in [1.29, 1.82) is 0 Å². The fourth-order valence-electron chi connectivity index (χ4n) is 3.20. The molecule has 1 heterocycles. The molecule has 7 heteroatoms. The molecule has 158 valence electrons. The molecule has 0 atom stereocenters. The molecular formula is C24H22N2O5. The summed E-state index contributed by atoms with van der Waals surface area (Å²) < 4.78 is 17.1. The standard InChI is InChI=1S/C24H22N2O5/c1-16-6-4-8-18(23(16)30-15-22(27)28)14-29-19-9-5-7-17(12-19)13-25-24-26-20-10-2-3-11-21(20)31-24/h2-12H,13-15H2,1H3,(H,25,26)(H,27,28). The second-order valence-electron chi connectivity index (χ2n) is 7.02. The van der Waals surface area contributed by atoms with Gasteiger partial charge in [-0.3, -0.25) is 0 Å². The van der Waals surface area contributed by atoms with E-state index in [1.165, 1.54) is 0 Å². The van der Waals surface area contributed by atoms with Crippen LogP contribution >= 0.6 is 0 Å². The predicted octanol–water partition coefficient (Wildman–Crippen LogP) is 4.79. The minimum absolute atomic E-state index is 0.263. The minimum Gasteiger partial charge on any atom is -0.489 e. The molecule has 3 aromatic carbocycles. The van der Waals surface area contributed by atoms with E-state index in [-0.39, 0.29) is 6.61 Å². The lowest BCUT2D eigenvalue weighted by Gasteiger charge is -2.14. The van der Waals surface area contributed by atoms with Crippen LogP contribution in [0.5, 0.6) is 11.5 Å². The third-order valence-electron chi connectivity index (χ3n) is 4.66. The SMILES string of the molecule is Cc1cccc(COc2cccc(CNc3nc4ccccc4o3)c2)c1OCC(=O)O. The van der Waals surface area contributed by atoms with Gasteiger partial charge in [0.1, 0.15) is 23.6 Å². The van der Waals surface area contributed by atoms with Crippen LogP contribution in [0.3, 0.4) is 0 Å². The fourth-order valence-corrected chi connectivity index (χ4v) is 3.20. The average Bonchev–Trinajstić information content (AvgIpc) is 3.19. The smallest absolute Gasteiger partial charge is 0.341 e. The lowest BCUT2D eigenvalue weighted by atomic mass is 10.1. The highest BCUT2D eigenvalue weighted by molar-refractivity contribution is 5.74. The highest BCUT2D eigenvalue weighted by atomic mass is 16.5. The van der Waals surface area contributed by atoms with E-state index in [2.05, 4.69) is 10.3 Å². The molecule has 0 radical (unpaired) electrons. The molecule has 0 saturated heterocycles. The van der Waals surface area contributed by atoms with Gasteiger partial charge < -0.3 is 24.3 Å². The number of ether oxygens (including phenoxy) is 2. The van der Waals surface area contributed by atoms with Crippen molar-refractivity contribution in [3.05, 3.63) is 83.4 Å². The van der Waals surface area contributed by atoms with Gasteiger partial charge in [0, 0.05) is 12.1 Å². The van der Waals surface area contributed by atoms with Gasteiger partial charge in [-0.15, -0.1) is 0 Å². The lowest BCUT2D eigenvalue weighted by Crippen LogP contribution is -2.12. The number of fused-ring (bicyclic) bond motifs is 1. The zero-order chi connectivity index (χ0) is 21.6. The third kappa shape index (κ3) is 5.14. The van der Waals surface area contributed by atoms with E-state index in [0.29, 0.717) is 24.1 Å². The van der Waals surface area contributed by atoms with Crippen molar-refractivity contribution in [2.45, 2.75) is 20.1 Å². The Morgan fingerprint density at radius 2 is 1.90 bits per heavy atom. The molecular weight excluding hydrogens is 396 g/mol. The van der Waals surface area contributed by atoms with Crippen molar-refractivity contribution in [1.82, 2.24) is 4.98 Å². The molecule has 4 aromatic rings. The van der Waals surface area contributed by atoms with E-state index in [4.69, 9.17) is 19.0 Å². The molecule has 0 bridgehead atoms. The molecule has 0 unspecified atom stereocenters. The molecule has 0 aliphatic carbocycles. The number of carbonyl (C=O) groups is 1. The first-order valence-electron chi connectivity index (χ1n) is 9.83. The van der Waals surface area contributed by atoms with Crippen molar-refractivity contribution >= 4 is 23.1 Å².